The van der Waals surface area contributed by atoms with Crippen LogP contribution in [-0.4, -0.2) is 26.2 Å². The van der Waals surface area contributed by atoms with Gasteiger partial charge in [0.1, 0.15) is 11.7 Å². The molecule has 80 valence electrons. The average Bonchev–Trinajstić information content (AvgIpc) is 2.67. The summed E-state index contributed by atoms with van der Waals surface area (Å²) >= 11 is 1.71. The molecule has 7 heteroatoms. The van der Waals surface area contributed by atoms with Crippen molar-refractivity contribution < 1.29 is 8.78 Å². The summed E-state index contributed by atoms with van der Waals surface area (Å²) in [6.07, 6.45) is 3.33. The van der Waals surface area contributed by atoms with Crippen molar-refractivity contribution in [3.05, 3.63) is 30.1 Å². The maximum atomic E-state index is 12.1. The van der Waals surface area contributed by atoms with Crippen molar-refractivity contribution in [3.8, 4) is 0 Å². The van der Waals surface area contributed by atoms with Crippen LogP contribution in [0.3, 0.4) is 0 Å². The number of pyridine rings is 1. The predicted octanol–water partition coefficient (Wildman–Crippen LogP) is 2.62. The molecule has 0 spiro atoms. The van der Waals surface area contributed by atoms with Crippen LogP contribution in [0.1, 0.15) is 5.56 Å². The molecule has 0 atom stereocenters. The average molecular weight is 247 g/mol. The second kappa shape index (κ2) is 4.91. The molecule has 0 bridgehead atoms. The molecule has 0 saturated heterocycles. The van der Waals surface area contributed by atoms with Crippen molar-refractivity contribution in [2.45, 2.75) is 5.76 Å². The van der Waals surface area contributed by atoms with Gasteiger partial charge in [-0.2, -0.15) is 12.5 Å². The highest BCUT2D eigenvalue weighted by Crippen LogP contribution is 2.33. The lowest BCUT2D eigenvalue weighted by molar-refractivity contribution is 0.249. The Kier molecular flexibility index (Phi) is 3.55. The van der Waals surface area contributed by atoms with Gasteiger partial charge >= 0.3 is 0 Å². The van der Waals surface area contributed by atoms with Crippen LogP contribution >= 0.6 is 23.9 Å². The standard InChI is InChI=1S/C8H7F2N3S2/c9-8(10)15-13-5-12-7(14-13)6-2-1-3-11-4-6/h1-4,8H,5H2. The number of halogens is 2. The van der Waals surface area contributed by atoms with Gasteiger partial charge < -0.3 is 0 Å². The quantitative estimate of drug-likeness (QED) is 0.768. The molecule has 0 aliphatic carbocycles. The van der Waals surface area contributed by atoms with E-state index >= 15 is 0 Å². The molecule has 0 amide bonds. The Labute approximate surface area is 94.2 Å². The van der Waals surface area contributed by atoms with E-state index < -0.39 is 5.76 Å². The summed E-state index contributed by atoms with van der Waals surface area (Å²) in [5, 5.41) is 0.733. The van der Waals surface area contributed by atoms with Crippen molar-refractivity contribution in [3.63, 3.8) is 0 Å². The Balaban J connectivity index is 1.98. The zero-order valence-corrected chi connectivity index (χ0v) is 9.14. The third kappa shape index (κ3) is 2.90. The summed E-state index contributed by atoms with van der Waals surface area (Å²) in [4.78, 5) is 8.10. The maximum absolute atomic E-state index is 12.1. The van der Waals surface area contributed by atoms with Gasteiger partial charge in [0, 0.05) is 29.9 Å². The Morgan fingerprint density at radius 2 is 2.40 bits per heavy atom. The first-order valence-electron chi connectivity index (χ1n) is 4.11. The van der Waals surface area contributed by atoms with Gasteiger partial charge in [-0.3, -0.25) is 9.98 Å². The molecule has 0 fully saturated rings. The normalized spacial score (nSPS) is 17.1. The zero-order chi connectivity index (χ0) is 10.7. The van der Waals surface area contributed by atoms with Crippen molar-refractivity contribution in [1.82, 2.24) is 8.69 Å². The SMILES string of the molecule is FC(F)SN1CN=C(c2cccnc2)S1. The number of aromatic nitrogens is 1. The van der Waals surface area contributed by atoms with Gasteiger partial charge in [-0.15, -0.1) is 0 Å². The van der Waals surface area contributed by atoms with Gasteiger partial charge in [0.15, 0.2) is 0 Å². The van der Waals surface area contributed by atoms with Gasteiger partial charge in [-0.05, 0) is 24.1 Å². The number of nitrogens with zero attached hydrogens (tertiary/aromatic N) is 3. The first-order valence-corrected chi connectivity index (χ1v) is 5.72. The highest BCUT2D eigenvalue weighted by Gasteiger charge is 2.22. The van der Waals surface area contributed by atoms with Crippen molar-refractivity contribution in [2.75, 3.05) is 6.67 Å². The molecule has 0 aromatic carbocycles. The molecule has 0 radical (unpaired) electrons. The van der Waals surface area contributed by atoms with E-state index in [0.29, 0.717) is 11.9 Å². The summed E-state index contributed by atoms with van der Waals surface area (Å²) in [5.74, 6) is -2.40. The van der Waals surface area contributed by atoms with Gasteiger partial charge in [-0.25, -0.2) is 0 Å². The number of alkyl halides is 2. The van der Waals surface area contributed by atoms with Gasteiger partial charge in [-0.1, -0.05) is 0 Å². The molecule has 2 rings (SSSR count). The van der Waals surface area contributed by atoms with Crippen molar-refractivity contribution >= 4 is 28.9 Å². The number of hydrogen-bond donors (Lipinski definition) is 0. The van der Waals surface area contributed by atoms with E-state index in [2.05, 4.69) is 9.98 Å². The number of aliphatic imine (C=N–C) groups is 1. The fraction of sp³-hybridized carbons (Fsp3) is 0.250. The zero-order valence-electron chi connectivity index (χ0n) is 7.51. The molecule has 1 aromatic heterocycles. The van der Waals surface area contributed by atoms with Gasteiger partial charge in [0.05, 0.1) is 0 Å². The highest BCUT2D eigenvalue weighted by molar-refractivity contribution is 8.21. The fourth-order valence-electron chi connectivity index (χ4n) is 1.05. The molecular formula is C8H7F2N3S2. The first kappa shape index (κ1) is 10.8. The molecular weight excluding hydrogens is 240 g/mol. The predicted molar refractivity (Wildman–Crippen MR) is 58.7 cm³/mol. The van der Waals surface area contributed by atoms with Gasteiger partial charge in [0.2, 0.25) is 0 Å². The molecule has 15 heavy (non-hydrogen) atoms. The monoisotopic (exact) mass is 247 g/mol. The van der Waals surface area contributed by atoms with Crippen molar-refractivity contribution in [2.24, 2.45) is 4.99 Å². The minimum absolute atomic E-state index is 0.282. The third-order valence-electron chi connectivity index (χ3n) is 1.62. The van der Waals surface area contributed by atoms with Crippen LogP contribution in [0.25, 0.3) is 0 Å². The second-order valence-corrected chi connectivity index (χ2v) is 4.89. The van der Waals surface area contributed by atoms with E-state index in [9.17, 15) is 8.78 Å². The van der Waals surface area contributed by atoms with Crippen LogP contribution in [0.15, 0.2) is 29.5 Å². The molecule has 1 aliphatic rings. The van der Waals surface area contributed by atoms with Crippen molar-refractivity contribution in [1.29, 1.82) is 0 Å². The van der Waals surface area contributed by atoms with E-state index in [-0.39, 0.29) is 6.67 Å². The lowest BCUT2D eigenvalue weighted by atomic mass is 10.3. The summed E-state index contributed by atoms with van der Waals surface area (Å²) in [7, 11) is 0. The molecule has 3 nitrogen and oxygen atoms in total. The Morgan fingerprint density at radius 1 is 1.53 bits per heavy atom. The Hall–Kier alpha value is -0.660. The maximum Gasteiger partial charge on any atom is 0.298 e. The largest absolute Gasteiger partial charge is 0.298 e. The number of rotatable bonds is 3. The molecule has 2 heterocycles. The lowest BCUT2D eigenvalue weighted by Crippen LogP contribution is -2.04. The summed E-state index contributed by atoms with van der Waals surface area (Å²) in [6, 6.07) is 3.65. The fourth-order valence-corrected chi connectivity index (χ4v) is 2.58. The van der Waals surface area contributed by atoms with Crippen LogP contribution in [0.4, 0.5) is 8.78 Å². The van der Waals surface area contributed by atoms with Crippen LogP contribution in [0, 0.1) is 0 Å². The summed E-state index contributed by atoms with van der Waals surface area (Å²) in [6.45, 7) is 0.282. The topological polar surface area (TPSA) is 28.5 Å². The van der Waals surface area contributed by atoms with Gasteiger partial charge in [0.25, 0.3) is 5.76 Å². The summed E-state index contributed by atoms with van der Waals surface area (Å²) in [5.41, 5.74) is 0.861. The van der Waals surface area contributed by atoms with E-state index in [4.69, 9.17) is 0 Å². The van der Waals surface area contributed by atoms with E-state index in [1.165, 1.54) is 15.7 Å². The molecule has 0 N–H and O–H groups in total. The molecule has 1 aromatic rings. The minimum Gasteiger partial charge on any atom is -0.264 e. The minimum atomic E-state index is -2.40. The highest BCUT2D eigenvalue weighted by atomic mass is 32.2. The Morgan fingerprint density at radius 3 is 3.07 bits per heavy atom. The molecule has 0 saturated carbocycles. The van der Waals surface area contributed by atoms with E-state index in [1.54, 1.807) is 18.5 Å². The first-order chi connectivity index (χ1) is 7.25. The second-order valence-electron chi connectivity index (χ2n) is 2.64. The van der Waals surface area contributed by atoms with Crippen LogP contribution < -0.4 is 0 Å². The van der Waals surface area contributed by atoms with E-state index in [0.717, 1.165) is 10.6 Å². The van der Waals surface area contributed by atoms with Crippen LogP contribution in [-0.2, 0) is 0 Å². The van der Waals surface area contributed by atoms with E-state index in [1.807, 2.05) is 6.07 Å². The number of hydrogen-bond acceptors (Lipinski definition) is 5. The smallest absolute Gasteiger partial charge is 0.264 e. The lowest BCUT2D eigenvalue weighted by Gasteiger charge is -2.09. The molecule has 1 aliphatic heterocycles. The third-order valence-corrected chi connectivity index (χ3v) is 3.47. The summed E-state index contributed by atoms with van der Waals surface area (Å²) < 4.78 is 25.6. The molecule has 0 unspecified atom stereocenters. The Bertz CT molecular complexity index is 358. The van der Waals surface area contributed by atoms with Crippen LogP contribution in [0.5, 0.6) is 0 Å². The van der Waals surface area contributed by atoms with Crippen LogP contribution in [0.2, 0.25) is 0 Å².